The Kier molecular flexibility index (Phi) is 5.43. The van der Waals surface area contributed by atoms with Crippen molar-refractivity contribution in [3.63, 3.8) is 0 Å². The van der Waals surface area contributed by atoms with Crippen LogP contribution in [0.15, 0.2) is 17.3 Å². The maximum absolute atomic E-state index is 12.5. The number of morpholine rings is 1. The molecule has 6 nitrogen and oxygen atoms in total. The quantitative estimate of drug-likeness (QED) is 0.821. The second-order valence-corrected chi connectivity index (χ2v) is 7.98. The molecular weight excluding hydrogens is 340 g/mol. The number of carbonyl (C=O) groups excluding carboxylic acids is 1. The van der Waals surface area contributed by atoms with Crippen LogP contribution < -0.4 is 4.90 Å². The van der Waals surface area contributed by atoms with Gasteiger partial charge >= 0.3 is 0 Å². The number of hydrogen-bond acceptors (Lipinski definition) is 5. The molecule has 0 bridgehead atoms. The summed E-state index contributed by atoms with van der Waals surface area (Å²) in [6.45, 7) is 7.75. The first-order valence-electron chi connectivity index (χ1n) is 10.3. The van der Waals surface area contributed by atoms with Crippen molar-refractivity contribution in [2.75, 3.05) is 37.7 Å². The van der Waals surface area contributed by atoms with Crippen molar-refractivity contribution in [3.8, 4) is 0 Å². The van der Waals surface area contributed by atoms with E-state index in [0.717, 1.165) is 49.1 Å². The zero-order chi connectivity index (χ0) is 18.8. The molecule has 0 N–H and O–H groups in total. The van der Waals surface area contributed by atoms with Gasteiger partial charge in [0, 0.05) is 20.0 Å². The number of aliphatic imine (C=N–C) groups is 1. The minimum Gasteiger partial charge on any atom is -0.378 e. The first kappa shape index (κ1) is 18.4. The number of anilines is 1. The Balaban J connectivity index is 1.57. The lowest BCUT2D eigenvalue weighted by molar-refractivity contribution is -0.127. The number of rotatable bonds is 3. The third-order valence-electron chi connectivity index (χ3n) is 6.17. The summed E-state index contributed by atoms with van der Waals surface area (Å²) in [6.07, 6.45) is 8.20. The summed E-state index contributed by atoms with van der Waals surface area (Å²) in [7, 11) is 0. The van der Waals surface area contributed by atoms with Crippen molar-refractivity contribution in [3.05, 3.63) is 23.5 Å². The van der Waals surface area contributed by atoms with E-state index in [4.69, 9.17) is 14.7 Å². The minimum atomic E-state index is 0.0836. The highest BCUT2D eigenvalue weighted by molar-refractivity contribution is 6.08. The van der Waals surface area contributed by atoms with Gasteiger partial charge in [-0.3, -0.25) is 19.7 Å². The van der Waals surface area contributed by atoms with Gasteiger partial charge in [0.15, 0.2) is 5.84 Å². The normalized spacial score (nSPS) is 24.2. The average molecular weight is 370 g/mol. The van der Waals surface area contributed by atoms with E-state index in [-0.39, 0.29) is 11.9 Å². The van der Waals surface area contributed by atoms with E-state index >= 15 is 0 Å². The average Bonchev–Trinajstić information content (AvgIpc) is 3.14. The number of pyridine rings is 1. The first-order chi connectivity index (χ1) is 13.1. The fraction of sp³-hybridized carbons (Fsp3) is 0.667. The van der Waals surface area contributed by atoms with Gasteiger partial charge in [0.05, 0.1) is 37.7 Å². The second-order valence-electron chi connectivity index (χ2n) is 7.98. The van der Waals surface area contributed by atoms with Crippen molar-refractivity contribution in [2.45, 2.75) is 52.0 Å². The molecule has 1 atom stereocenters. The largest absolute Gasteiger partial charge is 0.378 e. The molecule has 0 aromatic carbocycles. The van der Waals surface area contributed by atoms with E-state index in [9.17, 15) is 4.79 Å². The van der Waals surface area contributed by atoms with Gasteiger partial charge in [-0.1, -0.05) is 19.3 Å². The Morgan fingerprint density at radius 1 is 1.19 bits per heavy atom. The van der Waals surface area contributed by atoms with Gasteiger partial charge in [0.1, 0.15) is 5.69 Å². The maximum atomic E-state index is 12.5. The molecule has 146 valence electrons. The van der Waals surface area contributed by atoms with Gasteiger partial charge in [0.2, 0.25) is 5.91 Å². The van der Waals surface area contributed by atoms with Crippen LogP contribution >= 0.6 is 0 Å². The summed E-state index contributed by atoms with van der Waals surface area (Å²) in [5, 5.41) is 0. The number of hydrogen-bond donors (Lipinski definition) is 0. The molecule has 1 saturated carbocycles. The van der Waals surface area contributed by atoms with E-state index in [2.05, 4.69) is 17.9 Å². The van der Waals surface area contributed by atoms with Crippen LogP contribution in [0.25, 0.3) is 0 Å². The molecule has 4 rings (SSSR count). The first-order valence-corrected chi connectivity index (χ1v) is 10.3. The summed E-state index contributed by atoms with van der Waals surface area (Å²) in [5.74, 6) is 1.42. The number of carbonyl (C=O) groups is 1. The lowest BCUT2D eigenvalue weighted by Gasteiger charge is -2.34. The SMILES string of the molecule is CC(=O)N1C(c2ncc(N3CCOCC3)cc2C)=NCC1C1CCCCC1. The van der Waals surface area contributed by atoms with Crippen LogP contribution in [0.3, 0.4) is 0 Å². The van der Waals surface area contributed by atoms with Gasteiger partial charge in [-0.15, -0.1) is 0 Å². The molecule has 1 aromatic heterocycles. The van der Waals surface area contributed by atoms with E-state index in [1.165, 1.54) is 32.1 Å². The zero-order valence-corrected chi connectivity index (χ0v) is 16.5. The Hall–Kier alpha value is -1.95. The third kappa shape index (κ3) is 3.72. The minimum absolute atomic E-state index is 0.0836. The van der Waals surface area contributed by atoms with Crippen LogP contribution in [0.1, 0.15) is 50.3 Å². The molecule has 3 heterocycles. The molecule has 1 aliphatic carbocycles. The third-order valence-corrected chi connectivity index (χ3v) is 6.17. The van der Waals surface area contributed by atoms with Crippen LogP contribution in [-0.2, 0) is 9.53 Å². The smallest absolute Gasteiger partial charge is 0.225 e. The van der Waals surface area contributed by atoms with E-state index in [1.54, 1.807) is 6.92 Å². The van der Waals surface area contributed by atoms with Gasteiger partial charge < -0.3 is 9.64 Å². The second kappa shape index (κ2) is 7.97. The Morgan fingerprint density at radius 3 is 2.59 bits per heavy atom. The van der Waals surface area contributed by atoms with Crippen molar-refractivity contribution < 1.29 is 9.53 Å². The Labute approximate surface area is 161 Å². The summed E-state index contributed by atoms with van der Waals surface area (Å²) in [5.41, 5.74) is 3.05. The summed E-state index contributed by atoms with van der Waals surface area (Å²) < 4.78 is 5.44. The van der Waals surface area contributed by atoms with Crippen LogP contribution in [0.5, 0.6) is 0 Å². The number of amides is 1. The van der Waals surface area contributed by atoms with E-state index in [1.807, 2.05) is 11.1 Å². The highest BCUT2D eigenvalue weighted by Gasteiger charge is 2.38. The van der Waals surface area contributed by atoms with E-state index < -0.39 is 0 Å². The lowest BCUT2D eigenvalue weighted by atomic mass is 9.83. The summed E-state index contributed by atoms with van der Waals surface area (Å²) in [4.78, 5) is 26.3. The Morgan fingerprint density at radius 2 is 1.93 bits per heavy atom. The zero-order valence-electron chi connectivity index (χ0n) is 16.5. The summed E-state index contributed by atoms with van der Waals surface area (Å²) in [6, 6.07) is 2.38. The molecule has 1 aromatic rings. The predicted octanol–water partition coefficient (Wildman–Crippen LogP) is 2.78. The van der Waals surface area contributed by atoms with Gasteiger partial charge in [0.25, 0.3) is 0 Å². The topological polar surface area (TPSA) is 58.0 Å². The summed E-state index contributed by atoms with van der Waals surface area (Å²) >= 11 is 0. The van der Waals surface area contributed by atoms with Crippen molar-refractivity contribution in [2.24, 2.45) is 10.9 Å². The number of nitrogens with zero attached hydrogens (tertiary/aromatic N) is 4. The number of ether oxygens (including phenoxy) is 1. The number of amidine groups is 1. The number of aromatic nitrogens is 1. The van der Waals surface area contributed by atoms with Crippen molar-refractivity contribution in [1.29, 1.82) is 0 Å². The molecule has 0 spiro atoms. The van der Waals surface area contributed by atoms with Gasteiger partial charge in [-0.05, 0) is 37.3 Å². The van der Waals surface area contributed by atoms with Gasteiger partial charge in [-0.2, -0.15) is 0 Å². The fourth-order valence-corrected chi connectivity index (χ4v) is 4.73. The molecule has 1 unspecified atom stereocenters. The van der Waals surface area contributed by atoms with Crippen LogP contribution in [0.2, 0.25) is 0 Å². The molecule has 1 amide bonds. The molecular formula is C21H30N4O2. The predicted molar refractivity (Wildman–Crippen MR) is 106 cm³/mol. The molecule has 6 heteroatoms. The highest BCUT2D eigenvalue weighted by Crippen LogP contribution is 2.33. The molecule has 2 fully saturated rings. The van der Waals surface area contributed by atoms with Crippen molar-refractivity contribution in [1.82, 2.24) is 9.88 Å². The van der Waals surface area contributed by atoms with E-state index in [0.29, 0.717) is 12.5 Å². The standard InChI is InChI=1S/C21H30N4O2/c1-15-12-18(24-8-10-27-11-9-24)13-22-20(15)21-23-14-19(25(21)16(2)26)17-6-4-3-5-7-17/h12-13,17,19H,3-11,14H2,1-2H3. The van der Waals surface area contributed by atoms with Crippen LogP contribution in [0, 0.1) is 12.8 Å². The number of aryl methyl sites for hydroxylation is 1. The molecule has 2 aliphatic heterocycles. The fourth-order valence-electron chi connectivity index (χ4n) is 4.73. The van der Waals surface area contributed by atoms with Crippen LogP contribution in [-0.4, -0.2) is 60.5 Å². The molecule has 0 radical (unpaired) electrons. The molecule has 1 saturated heterocycles. The maximum Gasteiger partial charge on any atom is 0.225 e. The monoisotopic (exact) mass is 370 g/mol. The van der Waals surface area contributed by atoms with Crippen LogP contribution in [0.4, 0.5) is 5.69 Å². The Bertz CT molecular complexity index is 721. The lowest BCUT2D eigenvalue weighted by Crippen LogP contribution is -2.45. The molecule has 3 aliphatic rings. The van der Waals surface area contributed by atoms with Crippen molar-refractivity contribution >= 4 is 17.4 Å². The molecule has 27 heavy (non-hydrogen) atoms. The van der Waals surface area contributed by atoms with Gasteiger partial charge in [-0.25, -0.2) is 0 Å². The highest BCUT2D eigenvalue weighted by atomic mass is 16.5.